The van der Waals surface area contributed by atoms with Gasteiger partial charge in [0.2, 0.25) is 0 Å². The maximum Gasteiger partial charge on any atom is 0.0406 e. The van der Waals surface area contributed by atoms with Crippen LogP contribution < -0.4 is 0 Å². The minimum atomic E-state index is 0.207. The van der Waals surface area contributed by atoms with Crippen LogP contribution in [0.4, 0.5) is 0 Å². The molecular weight excluding hydrogens is 204 g/mol. The normalized spacial score (nSPS) is 14.3. The van der Waals surface area contributed by atoms with Gasteiger partial charge in [0.1, 0.15) is 0 Å². The van der Waals surface area contributed by atoms with Gasteiger partial charge in [-0.05, 0) is 34.9 Å². The first-order valence-electron chi connectivity index (χ1n) is 5.61. The van der Waals surface area contributed by atoms with Crippen LogP contribution in [-0.4, -0.2) is 0 Å². The first kappa shape index (κ1) is 12.6. The van der Waals surface area contributed by atoms with Crippen LogP contribution >= 0.6 is 11.6 Å². The number of hydrogen-bond donors (Lipinski definition) is 0. The molecule has 15 heavy (non-hydrogen) atoms. The van der Waals surface area contributed by atoms with E-state index in [1.54, 1.807) is 0 Å². The molecule has 0 aliphatic carbocycles. The lowest BCUT2D eigenvalue weighted by Gasteiger charge is -2.35. The van der Waals surface area contributed by atoms with Crippen molar-refractivity contribution >= 4 is 11.6 Å². The van der Waals surface area contributed by atoms with Crippen LogP contribution in [0.25, 0.3) is 0 Å². The Bertz CT molecular complexity index is 309. The van der Waals surface area contributed by atoms with E-state index in [9.17, 15) is 0 Å². The molecule has 0 aliphatic rings. The van der Waals surface area contributed by atoms with Crippen molar-refractivity contribution in [1.29, 1.82) is 0 Å². The summed E-state index contributed by atoms with van der Waals surface area (Å²) < 4.78 is 0. The molecule has 0 fully saturated rings. The van der Waals surface area contributed by atoms with Crippen LogP contribution in [0.1, 0.15) is 40.2 Å². The van der Waals surface area contributed by atoms with Gasteiger partial charge in [-0.25, -0.2) is 0 Å². The van der Waals surface area contributed by atoms with Crippen LogP contribution in [0.3, 0.4) is 0 Å². The summed E-state index contributed by atoms with van der Waals surface area (Å²) in [7, 11) is 0. The Labute approximate surface area is 98.7 Å². The lowest BCUT2D eigenvalue weighted by atomic mass is 9.70. The Kier molecular flexibility index (Phi) is 3.83. The van der Waals surface area contributed by atoms with E-state index in [0.29, 0.717) is 11.8 Å². The molecule has 1 unspecified atom stereocenters. The third-order valence-electron chi connectivity index (χ3n) is 3.73. The number of halogens is 1. The van der Waals surface area contributed by atoms with Crippen LogP contribution in [0, 0.1) is 11.8 Å². The number of rotatable bonds is 3. The van der Waals surface area contributed by atoms with Crippen molar-refractivity contribution < 1.29 is 0 Å². The molecule has 0 aliphatic heterocycles. The van der Waals surface area contributed by atoms with E-state index in [1.807, 2.05) is 12.1 Å². The van der Waals surface area contributed by atoms with Crippen molar-refractivity contribution in [3.63, 3.8) is 0 Å². The van der Waals surface area contributed by atoms with E-state index in [2.05, 4.69) is 46.8 Å². The van der Waals surface area contributed by atoms with Gasteiger partial charge in [-0.2, -0.15) is 0 Å². The summed E-state index contributed by atoms with van der Waals surface area (Å²) >= 11 is 5.90. The molecule has 1 heteroatoms. The minimum absolute atomic E-state index is 0.207. The maximum absolute atomic E-state index is 5.90. The van der Waals surface area contributed by atoms with Gasteiger partial charge in [-0.15, -0.1) is 0 Å². The zero-order chi connectivity index (χ0) is 11.6. The number of hydrogen-bond acceptors (Lipinski definition) is 0. The molecule has 1 aromatic carbocycles. The van der Waals surface area contributed by atoms with Crippen molar-refractivity contribution in [3.05, 3.63) is 34.9 Å². The summed E-state index contributed by atoms with van der Waals surface area (Å²) in [6, 6.07) is 8.24. The van der Waals surface area contributed by atoms with Gasteiger partial charge in [0.15, 0.2) is 0 Å². The third-order valence-corrected chi connectivity index (χ3v) is 3.98. The molecule has 0 saturated heterocycles. The smallest absolute Gasteiger partial charge is 0.0406 e. The summed E-state index contributed by atoms with van der Waals surface area (Å²) in [6.07, 6.45) is 0. The Morgan fingerprint density at radius 2 is 1.47 bits per heavy atom. The maximum atomic E-state index is 5.90. The van der Waals surface area contributed by atoms with E-state index < -0.39 is 0 Å². The Morgan fingerprint density at radius 3 is 1.87 bits per heavy atom. The summed E-state index contributed by atoms with van der Waals surface area (Å²) in [4.78, 5) is 0. The monoisotopic (exact) mass is 224 g/mol. The first-order valence-corrected chi connectivity index (χ1v) is 5.99. The van der Waals surface area contributed by atoms with E-state index >= 15 is 0 Å². The number of benzene rings is 1. The highest BCUT2D eigenvalue weighted by Gasteiger charge is 2.29. The van der Waals surface area contributed by atoms with Gasteiger partial charge in [0.05, 0.1) is 0 Å². The van der Waals surface area contributed by atoms with Crippen LogP contribution in [0.5, 0.6) is 0 Å². The highest BCUT2D eigenvalue weighted by atomic mass is 35.5. The highest BCUT2D eigenvalue weighted by molar-refractivity contribution is 6.30. The van der Waals surface area contributed by atoms with Gasteiger partial charge in [0.25, 0.3) is 0 Å². The molecule has 0 heterocycles. The quantitative estimate of drug-likeness (QED) is 0.685. The second-order valence-corrected chi connectivity index (χ2v) is 5.70. The van der Waals surface area contributed by atoms with Gasteiger partial charge < -0.3 is 0 Å². The fraction of sp³-hybridized carbons (Fsp3) is 0.571. The lowest BCUT2D eigenvalue weighted by Crippen LogP contribution is -2.30. The Balaban J connectivity index is 2.99. The topological polar surface area (TPSA) is 0 Å². The molecule has 0 amide bonds. The van der Waals surface area contributed by atoms with E-state index in [0.717, 1.165) is 5.02 Å². The van der Waals surface area contributed by atoms with Gasteiger partial charge in [0, 0.05) is 5.02 Å². The Hall–Kier alpha value is -0.490. The fourth-order valence-electron chi connectivity index (χ4n) is 1.98. The average molecular weight is 225 g/mol. The lowest BCUT2D eigenvalue weighted by molar-refractivity contribution is 0.264. The molecule has 1 atom stereocenters. The van der Waals surface area contributed by atoms with Gasteiger partial charge in [-0.1, -0.05) is 58.4 Å². The van der Waals surface area contributed by atoms with E-state index in [4.69, 9.17) is 11.6 Å². The summed E-state index contributed by atoms with van der Waals surface area (Å²) in [5.41, 5.74) is 1.58. The molecule has 0 spiro atoms. The van der Waals surface area contributed by atoms with Gasteiger partial charge in [-0.3, -0.25) is 0 Å². The van der Waals surface area contributed by atoms with Gasteiger partial charge >= 0.3 is 0 Å². The van der Waals surface area contributed by atoms with Crippen molar-refractivity contribution in [2.24, 2.45) is 11.8 Å². The van der Waals surface area contributed by atoms with Crippen LogP contribution in [-0.2, 0) is 5.41 Å². The standard InChI is InChI=1S/C14H21Cl/c1-10(2)11(3)14(4,5)12-6-8-13(15)9-7-12/h6-11H,1-5H3. The van der Waals surface area contributed by atoms with Crippen LogP contribution in [0.15, 0.2) is 24.3 Å². The molecule has 84 valence electrons. The fourth-order valence-corrected chi connectivity index (χ4v) is 2.10. The molecule has 1 rings (SSSR count). The molecule has 0 radical (unpaired) electrons. The first-order chi connectivity index (χ1) is 6.85. The summed E-state index contributed by atoms with van der Waals surface area (Å²) in [6.45, 7) is 11.5. The van der Waals surface area contributed by atoms with Crippen LogP contribution in [0.2, 0.25) is 5.02 Å². The molecule has 0 nitrogen and oxygen atoms in total. The molecule has 1 aromatic rings. The highest BCUT2D eigenvalue weighted by Crippen LogP contribution is 2.36. The second-order valence-electron chi connectivity index (χ2n) is 5.26. The minimum Gasteiger partial charge on any atom is -0.0843 e. The summed E-state index contributed by atoms with van der Waals surface area (Å²) in [5.74, 6) is 1.34. The van der Waals surface area contributed by atoms with Crippen molar-refractivity contribution in [2.75, 3.05) is 0 Å². The zero-order valence-corrected chi connectivity index (χ0v) is 11.1. The van der Waals surface area contributed by atoms with Crippen molar-refractivity contribution in [2.45, 2.75) is 40.0 Å². The zero-order valence-electron chi connectivity index (χ0n) is 10.3. The third kappa shape index (κ3) is 2.75. The second kappa shape index (κ2) is 4.57. The molecular formula is C14H21Cl. The average Bonchev–Trinajstić information content (AvgIpc) is 2.17. The predicted octanol–water partition coefficient (Wildman–Crippen LogP) is 4.91. The SMILES string of the molecule is CC(C)C(C)C(C)(C)c1ccc(Cl)cc1. The van der Waals surface area contributed by atoms with E-state index in [-0.39, 0.29) is 5.41 Å². The predicted molar refractivity (Wildman–Crippen MR) is 68.5 cm³/mol. The van der Waals surface area contributed by atoms with Crippen molar-refractivity contribution in [1.82, 2.24) is 0 Å². The van der Waals surface area contributed by atoms with Crippen molar-refractivity contribution in [3.8, 4) is 0 Å². The van der Waals surface area contributed by atoms with E-state index in [1.165, 1.54) is 5.56 Å². The molecule has 0 aromatic heterocycles. The largest absolute Gasteiger partial charge is 0.0843 e. The molecule has 0 N–H and O–H groups in total. The summed E-state index contributed by atoms with van der Waals surface area (Å²) in [5, 5.41) is 0.812. The molecule has 0 bridgehead atoms. The molecule has 0 saturated carbocycles. The Morgan fingerprint density at radius 1 is 1.00 bits per heavy atom.